The summed E-state index contributed by atoms with van der Waals surface area (Å²) in [4.78, 5) is 16.6. The molecule has 0 radical (unpaired) electrons. The molecule has 0 amide bonds. The molecule has 2 aromatic heterocycles. The van der Waals surface area contributed by atoms with E-state index in [9.17, 15) is 4.79 Å². The number of Topliss-reactive ketones (excluding diaryl/α,β-unsaturated/α-hetero) is 1. The third kappa shape index (κ3) is 3.42. The Kier molecular flexibility index (Phi) is 4.84. The first kappa shape index (κ1) is 17.0. The Morgan fingerprint density at radius 2 is 1.85 bits per heavy atom. The van der Waals surface area contributed by atoms with Gasteiger partial charge in [-0.05, 0) is 55.0 Å². The molecule has 0 spiro atoms. The Hall–Kier alpha value is -2.47. The van der Waals surface area contributed by atoms with Crippen molar-refractivity contribution in [3.8, 4) is 11.4 Å². The van der Waals surface area contributed by atoms with E-state index in [-0.39, 0.29) is 5.78 Å². The molecule has 26 heavy (non-hydrogen) atoms. The van der Waals surface area contributed by atoms with E-state index in [4.69, 9.17) is 0 Å². The van der Waals surface area contributed by atoms with E-state index in [0.29, 0.717) is 5.75 Å². The van der Waals surface area contributed by atoms with Crippen molar-refractivity contribution in [3.63, 3.8) is 0 Å². The van der Waals surface area contributed by atoms with E-state index in [1.54, 1.807) is 12.4 Å². The molecule has 6 heteroatoms. The van der Waals surface area contributed by atoms with Gasteiger partial charge in [0.2, 0.25) is 0 Å². The lowest BCUT2D eigenvalue weighted by atomic mass is 9.90. The molecule has 0 saturated carbocycles. The molecule has 1 aromatic carbocycles. The number of benzene rings is 1. The molecule has 3 aromatic rings. The highest BCUT2D eigenvalue weighted by Gasteiger charge is 2.16. The largest absolute Gasteiger partial charge is 0.305 e. The van der Waals surface area contributed by atoms with Crippen LogP contribution in [0.3, 0.4) is 0 Å². The van der Waals surface area contributed by atoms with Crippen molar-refractivity contribution >= 4 is 17.5 Å². The third-order valence-corrected chi connectivity index (χ3v) is 5.80. The zero-order chi connectivity index (χ0) is 17.9. The predicted molar refractivity (Wildman–Crippen MR) is 102 cm³/mol. The number of hydrogen-bond donors (Lipinski definition) is 0. The second-order valence-corrected chi connectivity index (χ2v) is 7.45. The lowest BCUT2D eigenvalue weighted by Gasteiger charge is -2.16. The van der Waals surface area contributed by atoms with Gasteiger partial charge in [-0.15, -0.1) is 10.2 Å². The van der Waals surface area contributed by atoms with Crippen molar-refractivity contribution in [1.29, 1.82) is 0 Å². The Morgan fingerprint density at radius 3 is 2.65 bits per heavy atom. The predicted octanol–water partition coefficient (Wildman–Crippen LogP) is 3.73. The topological polar surface area (TPSA) is 60.7 Å². The van der Waals surface area contributed by atoms with Crippen molar-refractivity contribution < 1.29 is 4.79 Å². The summed E-state index contributed by atoms with van der Waals surface area (Å²) in [5.74, 6) is 1.27. The SMILES string of the molecule is Cn1c(SCC(=O)c2ccc3c(c2)CCCC3)nnc1-c1ccncc1. The van der Waals surface area contributed by atoms with Gasteiger partial charge in [0, 0.05) is 30.6 Å². The average molecular weight is 364 g/mol. The molecule has 4 rings (SSSR count). The number of ketones is 1. The second-order valence-electron chi connectivity index (χ2n) is 6.50. The number of fused-ring (bicyclic) bond motifs is 1. The zero-order valence-corrected chi connectivity index (χ0v) is 15.5. The normalized spacial score (nSPS) is 13.4. The van der Waals surface area contributed by atoms with Crippen molar-refractivity contribution in [3.05, 3.63) is 59.4 Å². The molecular weight excluding hydrogens is 344 g/mol. The zero-order valence-electron chi connectivity index (χ0n) is 14.7. The van der Waals surface area contributed by atoms with Crippen LogP contribution in [-0.4, -0.2) is 31.3 Å². The highest BCUT2D eigenvalue weighted by Crippen LogP contribution is 2.25. The molecule has 1 aliphatic rings. The number of aromatic nitrogens is 4. The first-order valence-electron chi connectivity index (χ1n) is 8.80. The maximum Gasteiger partial charge on any atom is 0.191 e. The van der Waals surface area contributed by atoms with Crippen LogP contribution in [0.1, 0.15) is 34.3 Å². The number of rotatable bonds is 5. The number of nitrogens with zero attached hydrogens (tertiary/aromatic N) is 4. The maximum absolute atomic E-state index is 12.6. The van der Waals surface area contributed by atoms with Crippen LogP contribution in [-0.2, 0) is 19.9 Å². The van der Waals surface area contributed by atoms with Crippen LogP contribution in [0, 0.1) is 0 Å². The van der Waals surface area contributed by atoms with Gasteiger partial charge in [0.05, 0.1) is 5.75 Å². The van der Waals surface area contributed by atoms with Crippen molar-refractivity contribution in [2.75, 3.05) is 5.75 Å². The number of thioether (sulfide) groups is 1. The molecule has 0 fully saturated rings. The van der Waals surface area contributed by atoms with E-state index in [1.165, 1.54) is 35.7 Å². The van der Waals surface area contributed by atoms with Gasteiger partial charge < -0.3 is 4.57 Å². The van der Waals surface area contributed by atoms with Crippen LogP contribution < -0.4 is 0 Å². The van der Waals surface area contributed by atoms with Gasteiger partial charge in [-0.25, -0.2) is 0 Å². The summed E-state index contributed by atoms with van der Waals surface area (Å²) in [5.41, 5.74) is 4.50. The Labute approximate surface area is 156 Å². The lowest BCUT2D eigenvalue weighted by Crippen LogP contribution is -2.08. The fourth-order valence-corrected chi connectivity index (χ4v) is 4.12. The summed E-state index contributed by atoms with van der Waals surface area (Å²) in [6.07, 6.45) is 8.16. The number of carbonyl (C=O) groups excluding carboxylic acids is 1. The van der Waals surface area contributed by atoms with Gasteiger partial charge in [-0.2, -0.15) is 0 Å². The first-order chi connectivity index (χ1) is 12.7. The van der Waals surface area contributed by atoms with Crippen LogP contribution in [0.25, 0.3) is 11.4 Å². The summed E-state index contributed by atoms with van der Waals surface area (Å²) < 4.78 is 1.92. The monoisotopic (exact) mass is 364 g/mol. The molecule has 0 aliphatic heterocycles. The van der Waals surface area contributed by atoms with Gasteiger partial charge >= 0.3 is 0 Å². The van der Waals surface area contributed by atoms with Gasteiger partial charge in [0.1, 0.15) is 0 Å². The fourth-order valence-electron chi connectivity index (χ4n) is 3.31. The standard InChI is InChI=1S/C20H20N4OS/c1-24-19(15-8-10-21-11-9-15)22-23-20(24)26-13-18(25)17-7-6-14-4-2-3-5-16(14)12-17/h6-12H,2-5,13H2,1H3. The number of pyridine rings is 1. The van der Waals surface area contributed by atoms with Crippen LogP contribution in [0.5, 0.6) is 0 Å². The molecule has 1 aliphatic carbocycles. The van der Waals surface area contributed by atoms with E-state index in [2.05, 4.69) is 27.3 Å². The van der Waals surface area contributed by atoms with Crippen LogP contribution >= 0.6 is 11.8 Å². The summed E-state index contributed by atoms with van der Waals surface area (Å²) in [6, 6.07) is 9.96. The van der Waals surface area contributed by atoms with E-state index < -0.39 is 0 Å². The van der Waals surface area contributed by atoms with Crippen molar-refractivity contribution in [1.82, 2.24) is 19.7 Å². The summed E-state index contributed by atoms with van der Waals surface area (Å²) >= 11 is 1.43. The average Bonchev–Trinajstić information content (AvgIpc) is 3.07. The fraction of sp³-hybridized carbons (Fsp3) is 0.300. The molecule has 2 heterocycles. The summed E-state index contributed by atoms with van der Waals surface area (Å²) in [5, 5.41) is 9.22. The van der Waals surface area contributed by atoms with Gasteiger partial charge in [0.15, 0.2) is 16.8 Å². The summed E-state index contributed by atoms with van der Waals surface area (Å²) in [7, 11) is 1.92. The van der Waals surface area contributed by atoms with E-state index >= 15 is 0 Å². The molecular formula is C20H20N4OS. The number of carbonyl (C=O) groups is 1. The molecule has 5 nitrogen and oxygen atoms in total. The van der Waals surface area contributed by atoms with Crippen molar-refractivity contribution in [2.45, 2.75) is 30.8 Å². The van der Waals surface area contributed by atoms with Crippen LogP contribution in [0.2, 0.25) is 0 Å². The van der Waals surface area contributed by atoms with E-state index in [1.807, 2.05) is 29.8 Å². The minimum atomic E-state index is 0.136. The molecule has 132 valence electrons. The Bertz CT molecular complexity index is 936. The van der Waals surface area contributed by atoms with Gasteiger partial charge in [-0.3, -0.25) is 9.78 Å². The Balaban J connectivity index is 1.46. The van der Waals surface area contributed by atoms with Crippen molar-refractivity contribution in [2.24, 2.45) is 7.05 Å². The van der Waals surface area contributed by atoms with Gasteiger partial charge in [-0.1, -0.05) is 23.9 Å². The smallest absolute Gasteiger partial charge is 0.191 e. The number of hydrogen-bond acceptors (Lipinski definition) is 5. The maximum atomic E-state index is 12.6. The Morgan fingerprint density at radius 1 is 1.08 bits per heavy atom. The molecule has 0 unspecified atom stereocenters. The van der Waals surface area contributed by atoms with Crippen LogP contribution in [0.4, 0.5) is 0 Å². The minimum Gasteiger partial charge on any atom is -0.305 e. The summed E-state index contributed by atoms with van der Waals surface area (Å²) in [6.45, 7) is 0. The molecule has 0 atom stereocenters. The van der Waals surface area contributed by atoms with E-state index in [0.717, 1.165) is 34.9 Å². The number of aryl methyl sites for hydroxylation is 2. The lowest BCUT2D eigenvalue weighted by molar-refractivity contribution is 0.102. The van der Waals surface area contributed by atoms with Crippen LogP contribution in [0.15, 0.2) is 47.9 Å². The van der Waals surface area contributed by atoms with Gasteiger partial charge in [0.25, 0.3) is 0 Å². The molecule has 0 saturated heterocycles. The first-order valence-corrected chi connectivity index (χ1v) is 9.78. The minimum absolute atomic E-state index is 0.136. The molecule has 0 bridgehead atoms. The highest BCUT2D eigenvalue weighted by molar-refractivity contribution is 7.99. The quantitative estimate of drug-likeness (QED) is 0.510. The molecule has 0 N–H and O–H groups in total. The third-order valence-electron chi connectivity index (χ3n) is 4.78. The highest BCUT2D eigenvalue weighted by atomic mass is 32.2. The second kappa shape index (κ2) is 7.41.